The van der Waals surface area contributed by atoms with Gasteiger partial charge in [0.05, 0.1) is 14.3 Å². The first kappa shape index (κ1) is 18.4. The lowest BCUT2D eigenvalue weighted by Gasteiger charge is -2.25. The van der Waals surface area contributed by atoms with Crippen LogP contribution in [0, 0.1) is 0 Å². The SMILES string of the molecule is CC(C)(CNCc1ccc([Si](C)(C)C)cc1)NS(C)(=O)=O. The fourth-order valence-corrected chi connectivity index (χ4v) is 4.42. The lowest BCUT2D eigenvalue weighted by Crippen LogP contribution is -2.49. The summed E-state index contributed by atoms with van der Waals surface area (Å²) in [6.45, 7) is 12.1. The van der Waals surface area contributed by atoms with Gasteiger partial charge in [-0.2, -0.15) is 0 Å². The van der Waals surface area contributed by atoms with E-state index < -0.39 is 23.6 Å². The predicted octanol–water partition coefficient (Wildman–Crippen LogP) is 1.65. The third-order valence-electron chi connectivity index (χ3n) is 3.18. The monoisotopic (exact) mass is 328 g/mol. The van der Waals surface area contributed by atoms with Crippen LogP contribution < -0.4 is 15.2 Å². The van der Waals surface area contributed by atoms with Crippen LogP contribution in [-0.4, -0.2) is 34.8 Å². The molecule has 21 heavy (non-hydrogen) atoms. The molecule has 0 saturated heterocycles. The first-order valence-corrected chi connectivity index (χ1v) is 12.6. The van der Waals surface area contributed by atoms with Gasteiger partial charge in [0.15, 0.2) is 0 Å². The molecule has 120 valence electrons. The highest BCUT2D eigenvalue weighted by molar-refractivity contribution is 7.88. The van der Waals surface area contributed by atoms with Gasteiger partial charge in [0.25, 0.3) is 0 Å². The van der Waals surface area contributed by atoms with Gasteiger partial charge in [-0.05, 0) is 19.4 Å². The van der Waals surface area contributed by atoms with E-state index in [9.17, 15) is 8.42 Å². The van der Waals surface area contributed by atoms with Crippen molar-refractivity contribution in [1.29, 1.82) is 0 Å². The van der Waals surface area contributed by atoms with Gasteiger partial charge in [-0.25, -0.2) is 13.1 Å². The van der Waals surface area contributed by atoms with E-state index in [1.54, 1.807) is 0 Å². The minimum absolute atomic E-state index is 0.494. The molecular weight excluding hydrogens is 300 g/mol. The number of sulfonamides is 1. The van der Waals surface area contributed by atoms with Gasteiger partial charge in [-0.3, -0.25) is 0 Å². The van der Waals surface area contributed by atoms with E-state index in [-0.39, 0.29) is 0 Å². The molecule has 0 atom stereocenters. The Bertz CT molecular complexity index is 560. The van der Waals surface area contributed by atoms with Crippen molar-refractivity contribution >= 4 is 23.3 Å². The maximum atomic E-state index is 11.3. The van der Waals surface area contributed by atoms with Gasteiger partial charge in [0.1, 0.15) is 0 Å². The summed E-state index contributed by atoms with van der Waals surface area (Å²) < 4.78 is 25.2. The third-order valence-corrected chi connectivity index (χ3v) is 6.17. The molecule has 0 fully saturated rings. The van der Waals surface area contributed by atoms with Crippen molar-refractivity contribution in [1.82, 2.24) is 10.0 Å². The van der Waals surface area contributed by atoms with Crippen LogP contribution in [0.15, 0.2) is 24.3 Å². The smallest absolute Gasteiger partial charge is 0.209 e. The summed E-state index contributed by atoms with van der Waals surface area (Å²) in [6.07, 6.45) is 1.18. The molecule has 0 aliphatic rings. The van der Waals surface area contributed by atoms with Crippen LogP contribution in [0.3, 0.4) is 0 Å². The average molecular weight is 329 g/mol. The van der Waals surface area contributed by atoms with E-state index in [4.69, 9.17) is 0 Å². The maximum absolute atomic E-state index is 11.3. The Morgan fingerprint density at radius 3 is 2.05 bits per heavy atom. The van der Waals surface area contributed by atoms with Crippen molar-refractivity contribution in [2.24, 2.45) is 0 Å². The second kappa shape index (κ2) is 6.60. The van der Waals surface area contributed by atoms with Gasteiger partial charge in [0.2, 0.25) is 10.0 Å². The van der Waals surface area contributed by atoms with Gasteiger partial charge >= 0.3 is 0 Å². The van der Waals surface area contributed by atoms with Crippen LogP contribution in [0.25, 0.3) is 0 Å². The van der Waals surface area contributed by atoms with Crippen LogP contribution >= 0.6 is 0 Å². The normalized spacial score (nSPS) is 13.4. The summed E-state index contributed by atoms with van der Waals surface area (Å²) in [6, 6.07) is 8.72. The topological polar surface area (TPSA) is 58.2 Å². The molecule has 0 unspecified atom stereocenters. The predicted molar refractivity (Wildman–Crippen MR) is 93.2 cm³/mol. The Kier molecular flexibility index (Phi) is 5.77. The summed E-state index contributed by atoms with van der Waals surface area (Å²) in [7, 11) is -4.43. The summed E-state index contributed by atoms with van der Waals surface area (Å²) in [5, 5.41) is 4.76. The number of benzene rings is 1. The maximum Gasteiger partial charge on any atom is 0.209 e. The summed E-state index contributed by atoms with van der Waals surface area (Å²) >= 11 is 0. The summed E-state index contributed by atoms with van der Waals surface area (Å²) in [5.41, 5.74) is 0.721. The fourth-order valence-electron chi connectivity index (χ4n) is 2.18. The molecule has 4 nitrogen and oxygen atoms in total. The first-order chi connectivity index (χ1) is 9.39. The molecular formula is C15H28N2O2SSi. The molecule has 0 radical (unpaired) electrons. The van der Waals surface area contributed by atoms with E-state index in [2.05, 4.69) is 53.9 Å². The third kappa shape index (κ3) is 7.22. The minimum Gasteiger partial charge on any atom is -0.311 e. The van der Waals surface area contributed by atoms with E-state index in [0.717, 1.165) is 6.54 Å². The highest BCUT2D eigenvalue weighted by Gasteiger charge is 2.21. The highest BCUT2D eigenvalue weighted by atomic mass is 32.2. The van der Waals surface area contributed by atoms with Crippen molar-refractivity contribution in [2.45, 2.75) is 45.6 Å². The van der Waals surface area contributed by atoms with Crippen molar-refractivity contribution < 1.29 is 8.42 Å². The second-order valence-electron chi connectivity index (χ2n) is 7.31. The Balaban J connectivity index is 2.53. The van der Waals surface area contributed by atoms with Gasteiger partial charge in [-0.1, -0.05) is 49.1 Å². The lowest BCUT2D eigenvalue weighted by molar-refractivity contribution is 0.421. The number of nitrogens with one attached hydrogen (secondary N) is 2. The van der Waals surface area contributed by atoms with Crippen molar-refractivity contribution in [2.75, 3.05) is 12.8 Å². The van der Waals surface area contributed by atoms with Crippen molar-refractivity contribution in [3.63, 3.8) is 0 Å². The van der Waals surface area contributed by atoms with Crippen LogP contribution in [0.2, 0.25) is 19.6 Å². The minimum atomic E-state index is -3.18. The summed E-state index contributed by atoms with van der Waals surface area (Å²) in [5.74, 6) is 0. The lowest BCUT2D eigenvalue weighted by atomic mass is 10.1. The van der Waals surface area contributed by atoms with Crippen LogP contribution in [-0.2, 0) is 16.6 Å². The molecule has 0 heterocycles. The molecule has 0 spiro atoms. The second-order valence-corrected chi connectivity index (χ2v) is 14.1. The van der Waals surface area contributed by atoms with E-state index in [1.807, 2.05) is 13.8 Å². The molecule has 2 N–H and O–H groups in total. The van der Waals surface area contributed by atoms with E-state index >= 15 is 0 Å². The van der Waals surface area contributed by atoms with Gasteiger partial charge in [0, 0.05) is 18.6 Å². The quantitative estimate of drug-likeness (QED) is 0.748. The fraction of sp³-hybridized carbons (Fsp3) is 0.600. The Hall–Kier alpha value is -0.693. The Morgan fingerprint density at radius 1 is 1.10 bits per heavy atom. The first-order valence-electron chi connectivity index (χ1n) is 7.18. The van der Waals surface area contributed by atoms with Crippen LogP contribution in [0.4, 0.5) is 0 Å². The molecule has 1 rings (SSSR count). The molecule has 0 amide bonds. The zero-order valence-corrected chi connectivity index (χ0v) is 15.8. The van der Waals surface area contributed by atoms with E-state index in [0.29, 0.717) is 6.54 Å². The molecule has 0 aromatic heterocycles. The van der Waals surface area contributed by atoms with Gasteiger partial charge in [-0.15, -0.1) is 0 Å². The largest absolute Gasteiger partial charge is 0.311 e. The molecule has 0 aliphatic carbocycles. The highest BCUT2D eigenvalue weighted by Crippen LogP contribution is 2.06. The van der Waals surface area contributed by atoms with Crippen LogP contribution in [0.1, 0.15) is 19.4 Å². The molecule has 1 aromatic rings. The molecule has 0 aliphatic heterocycles. The van der Waals surface area contributed by atoms with E-state index in [1.165, 1.54) is 17.0 Å². The zero-order valence-electron chi connectivity index (χ0n) is 13.9. The van der Waals surface area contributed by atoms with Crippen molar-refractivity contribution in [3.8, 4) is 0 Å². The van der Waals surface area contributed by atoms with Gasteiger partial charge < -0.3 is 5.32 Å². The molecule has 1 aromatic carbocycles. The average Bonchev–Trinajstić information content (AvgIpc) is 2.24. The molecule has 6 heteroatoms. The Labute approximate surface area is 130 Å². The standard InChI is InChI=1S/C15H28N2O2SSi/c1-15(2,17-20(3,18)19)12-16-11-13-7-9-14(10-8-13)21(4,5)6/h7-10,16-17H,11-12H2,1-6H3. The number of hydrogen-bond acceptors (Lipinski definition) is 3. The Morgan fingerprint density at radius 2 is 1.62 bits per heavy atom. The number of rotatable bonds is 7. The molecule has 0 bridgehead atoms. The van der Waals surface area contributed by atoms with Crippen LogP contribution in [0.5, 0.6) is 0 Å². The molecule has 0 saturated carbocycles. The number of hydrogen-bond donors (Lipinski definition) is 2. The summed E-state index contributed by atoms with van der Waals surface area (Å²) in [4.78, 5) is 0. The van der Waals surface area contributed by atoms with Crippen molar-refractivity contribution in [3.05, 3.63) is 29.8 Å². The zero-order chi connectivity index (χ0) is 16.3.